The van der Waals surface area contributed by atoms with E-state index in [2.05, 4.69) is 37.1 Å². The van der Waals surface area contributed by atoms with E-state index in [1.54, 1.807) is 12.1 Å². The van der Waals surface area contributed by atoms with Gasteiger partial charge in [-0.05, 0) is 61.9 Å². The summed E-state index contributed by atoms with van der Waals surface area (Å²) in [6.07, 6.45) is 3.73. The predicted molar refractivity (Wildman–Crippen MR) is 101 cm³/mol. The molecule has 1 atom stereocenters. The second kappa shape index (κ2) is 9.58. The Labute approximate surface area is 152 Å². The van der Waals surface area contributed by atoms with Crippen LogP contribution in [0.15, 0.2) is 24.3 Å². The van der Waals surface area contributed by atoms with Crippen LogP contribution in [0.2, 0.25) is 0 Å². The van der Waals surface area contributed by atoms with Crippen LogP contribution in [0.4, 0.5) is 0 Å². The van der Waals surface area contributed by atoms with Crippen LogP contribution in [0.25, 0.3) is 0 Å². The van der Waals surface area contributed by atoms with Gasteiger partial charge in [-0.15, -0.1) is 0 Å². The largest absolute Gasteiger partial charge is 0.355 e. The Morgan fingerprint density at radius 2 is 1.92 bits per heavy atom. The van der Waals surface area contributed by atoms with Crippen molar-refractivity contribution in [2.45, 2.75) is 52.5 Å². The van der Waals surface area contributed by atoms with Crippen molar-refractivity contribution in [1.29, 1.82) is 5.26 Å². The molecule has 0 aromatic heterocycles. The van der Waals surface area contributed by atoms with Crippen LogP contribution < -0.4 is 5.32 Å². The number of hydrogen-bond acceptors (Lipinski definition) is 3. The lowest BCUT2D eigenvalue weighted by molar-refractivity contribution is -0.121. The first-order chi connectivity index (χ1) is 12.0. The number of aryl methyl sites for hydroxylation is 1. The molecule has 1 aromatic rings. The molecule has 2 rings (SSSR count). The van der Waals surface area contributed by atoms with Crippen LogP contribution in [0.1, 0.15) is 51.2 Å². The SMILES string of the molecule is CC1CCN(C(CNC(=O)CCc2ccc(C#N)cc2)C(C)C)CC1. The van der Waals surface area contributed by atoms with Gasteiger partial charge in [0.1, 0.15) is 0 Å². The number of nitrogens with one attached hydrogen (secondary N) is 1. The maximum Gasteiger partial charge on any atom is 0.220 e. The van der Waals surface area contributed by atoms with Gasteiger partial charge >= 0.3 is 0 Å². The molecule has 1 aromatic carbocycles. The monoisotopic (exact) mass is 341 g/mol. The molecule has 136 valence electrons. The standard InChI is InChI=1S/C21H31N3O/c1-16(2)20(24-12-10-17(3)11-13-24)15-23-21(25)9-8-18-4-6-19(14-22)7-5-18/h4-7,16-17,20H,8-13,15H2,1-3H3,(H,23,25). The van der Waals surface area contributed by atoms with Crippen LogP contribution in [0.5, 0.6) is 0 Å². The van der Waals surface area contributed by atoms with E-state index < -0.39 is 0 Å². The smallest absolute Gasteiger partial charge is 0.220 e. The predicted octanol–water partition coefficient (Wildman–Crippen LogP) is 3.36. The lowest BCUT2D eigenvalue weighted by Gasteiger charge is -2.38. The molecule has 1 fully saturated rings. The lowest BCUT2D eigenvalue weighted by atomic mass is 9.94. The van der Waals surface area contributed by atoms with Gasteiger partial charge in [-0.3, -0.25) is 9.69 Å². The van der Waals surface area contributed by atoms with Crippen molar-refractivity contribution in [3.05, 3.63) is 35.4 Å². The molecule has 1 saturated heterocycles. The summed E-state index contributed by atoms with van der Waals surface area (Å²) in [5.74, 6) is 1.47. The highest BCUT2D eigenvalue weighted by Crippen LogP contribution is 2.21. The fourth-order valence-electron chi connectivity index (χ4n) is 3.46. The van der Waals surface area contributed by atoms with Crippen molar-refractivity contribution in [1.82, 2.24) is 10.2 Å². The number of hydrogen-bond donors (Lipinski definition) is 1. The van der Waals surface area contributed by atoms with Gasteiger partial charge in [-0.1, -0.05) is 32.9 Å². The molecule has 1 aliphatic rings. The highest BCUT2D eigenvalue weighted by Gasteiger charge is 2.25. The molecule has 0 aliphatic carbocycles. The van der Waals surface area contributed by atoms with Crippen LogP contribution in [0.3, 0.4) is 0 Å². The van der Waals surface area contributed by atoms with Gasteiger partial charge in [0.2, 0.25) is 5.91 Å². The minimum atomic E-state index is 0.111. The minimum absolute atomic E-state index is 0.111. The third-order valence-corrected chi connectivity index (χ3v) is 5.29. The van der Waals surface area contributed by atoms with E-state index in [1.165, 1.54) is 12.8 Å². The molecule has 1 heterocycles. The van der Waals surface area contributed by atoms with Crippen molar-refractivity contribution >= 4 is 5.91 Å². The summed E-state index contributed by atoms with van der Waals surface area (Å²) >= 11 is 0. The van der Waals surface area contributed by atoms with Gasteiger partial charge < -0.3 is 5.32 Å². The number of benzene rings is 1. The third-order valence-electron chi connectivity index (χ3n) is 5.29. The summed E-state index contributed by atoms with van der Waals surface area (Å²) in [7, 11) is 0. The first kappa shape index (κ1) is 19.5. The van der Waals surface area contributed by atoms with Crippen LogP contribution in [-0.2, 0) is 11.2 Å². The maximum absolute atomic E-state index is 12.2. The molecule has 4 heteroatoms. The van der Waals surface area contributed by atoms with Gasteiger partial charge in [0.25, 0.3) is 0 Å². The first-order valence-electron chi connectivity index (χ1n) is 9.49. The van der Waals surface area contributed by atoms with E-state index in [-0.39, 0.29) is 5.91 Å². The molecule has 0 saturated carbocycles. The second-order valence-electron chi connectivity index (χ2n) is 7.64. The van der Waals surface area contributed by atoms with Crippen LogP contribution >= 0.6 is 0 Å². The van der Waals surface area contributed by atoms with Crippen LogP contribution in [0, 0.1) is 23.2 Å². The van der Waals surface area contributed by atoms with Gasteiger partial charge in [0.05, 0.1) is 11.6 Å². The molecule has 1 amide bonds. The van der Waals surface area contributed by atoms with E-state index in [0.29, 0.717) is 30.4 Å². The molecule has 0 radical (unpaired) electrons. The Kier molecular flexibility index (Phi) is 7.46. The molecular formula is C21H31N3O. The highest BCUT2D eigenvalue weighted by molar-refractivity contribution is 5.76. The molecule has 1 aliphatic heterocycles. The molecule has 1 N–H and O–H groups in total. The zero-order chi connectivity index (χ0) is 18.2. The van der Waals surface area contributed by atoms with Gasteiger partial charge in [-0.2, -0.15) is 5.26 Å². The minimum Gasteiger partial charge on any atom is -0.355 e. The van der Waals surface area contributed by atoms with E-state index in [1.807, 2.05) is 12.1 Å². The Hall–Kier alpha value is -1.86. The van der Waals surface area contributed by atoms with Crippen molar-refractivity contribution in [3.8, 4) is 6.07 Å². The summed E-state index contributed by atoms with van der Waals surface area (Å²) in [5, 5.41) is 11.9. The zero-order valence-corrected chi connectivity index (χ0v) is 15.8. The Bertz CT molecular complexity index is 580. The summed E-state index contributed by atoms with van der Waals surface area (Å²) in [6.45, 7) is 9.83. The number of amides is 1. The number of carbonyl (C=O) groups is 1. The van der Waals surface area contributed by atoms with Gasteiger partial charge in [-0.25, -0.2) is 0 Å². The number of likely N-dealkylation sites (tertiary alicyclic amines) is 1. The number of carbonyl (C=O) groups excluding carboxylic acids is 1. The quantitative estimate of drug-likeness (QED) is 0.827. The lowest BCUT2D eigenvalue weighted by Crippen LogP contribution is -2.49. The van der Waals surface area contributed by atoms with E-state index in [9.17, 15) is 4.79 Å². The summed E-state index contributed by atoms with van der Waals surface area (Å²) in [6, 6.07) is 10.0. The molecule has 0 spiro atoms. The molecule has 0 bridgehead atoms. The van der Waals surface area contributed by atoms with E-state index >= 15 is 0 Å². The third kappa shape index (κ3) is 6.17. The van der Waals surface area contributed by atoms with Gasteiger partial charge in [0.15, 0.2) is 0 Å². The Balaban J connectivity index is 1.77. The van der Waals surface area contributed by atoms with E-state index in [4.69, 9.17) is 5.26 Å². The summed E-state index contributed by atoms with van der Waals surface area (Å²) < 4.78 is 0. The topological polar surface area (TPSA) is 56.1 Å². The van der Waals surface area contributed by atoms with Crippen molar-refractivity contribution in [2.75, 3.05) is 19.6 Å². The Morgan fingerprint density at radius 3 is 2.48 bits per heavy atom. The number of rotatable bonds is 7. The van der Waals surface area contributed by atoms with E-state index in [0.717, 1.165) is 31.1 Å². The number of piperidine rings is 1. The molecular weight excluding hydrogens is 310 g/mol. The highest BCUT2D eigenvalue weighted by atomic mass is 16.1. The first-order valence-corrected chi connectivity index (χ1v) is 9.49. The van der Waals surface area contributed by atoms with Gasteiger partial charge in [0, 0.05) is 19.0 Å². The number of nitriles is 1. The second-order valence-corrected chi connectivity index (χ2v) is 7.64. The summed E-state index contributed by atoms with van der Waals surface area (Å²) in [4.78, 5) is 14.8. The fourth-order valence-corrected chi connectivity index (χ4v) is 3.46. The molecule has 25 heavy (non-hydrogen) atoms. The summed E-state index contributed by atoms with van der Waals surface area (Å²) in [5.41, 5.74) is 1.75. The molecule has 1 unspecified atom stereocenters. The zero-order valence-electron chi connectivity index (χ0n) is 15.8. The van der Waals surface area contributed by atoms with Crippen LogP contribution in [-0.4, -0.2) is 36.5 Å². The van der Waals surface area contributed by atoms with Crippen molar-refractivity contribution in [3.63, 3.8) is 0 Å². The average Bonchev–Trinajstić information content (AvgIpc) is 2.61. The fraction of sp³-hybridized carbons (Fsp3) is 0.619. The normalized spacial score (nSPS) is 17.2. The Morgan fingerprint density at radius 1 is 1.28 bits per heavy atom. The average molecular weight is 341 g/mol. The molecule has 4 nitrogen and oxygen atoms in total. The number of nitrogens with zero attached hydrogens (tertiary/aromatic N) is 2. The maximum atomic E-state index is 12.2. The van der Waals surface area contributed by atoms with Crippen molar-refractivity contribution in [2.24, 2.45) is 11.8 Å². The van der Waals surface area contributed by atoms with Crippen molar-refractivity contribution < 1.29 is 4.79 Å².